The molecule has 1 unspecified atom stereocenters. The maximum absolute atomic E-state index is 5.41. The maximum Gasteiger partial charge on any atom is 0.123 e. The van der Waals surface area contributed by atoms with Gasteiger partial charge in [-0.2, -0.15) is 11.8 Å². The average Bonchev–Trinajstić information content (AvgIpc) is 2.38. The molecule has 0 aliphatic heterocycles. The minimum atomic E-state index is 0.309. The van der Waals surface area contributed by atoms with Crippen LogP contribution in [-0.2, 0) is 0 Å². The number of methoxy groups -OCH3 is 1. The first kappa shape index (κ1) is 15.1. The van der Waals surface area contributed by atoms with Crippen LogP contribution in [0.5, 0.6) is 5.75 Å². The molecule has 18 heavy (non-hydrogen) atoms. The summed E-state index contributed by atoms with van der Waals surface area (Å²) in [5.74, 6) is 3.08. The molecule has 1 N–H and O–H groups in total. The molecule has 2 nitrogen and oxygen atoms in total. The van der Waals surface area contributed by atoms with E-state index >= 15 is 0 Å². The second-order valence-corrected chi connectivity index (χ2v) is 5.43. The topological polar surface area (TPSA) is 21.3 Å². The van der Waals surface area contributed by atoms with Crippen molar-refractivity contribution in [2.75, 3.05) is 25.2 Å². The quantitative estimate of drug-likeness (QED) is 0.573. The number of ether oxygens (including phenoxy) is 1. The lowest BCUT2D eigenvalue weighted by molar-refractivity contribution is 0.402. The number of aryl methyl sites for hydroxylation is 1. The van der Waals surface area contributed by atoms with E-state index < -0.39 is 0 Å². The largest absolute Gasteiger partial charge is 0.496 e. The Balaban J connectivity index is 2.52. The molecular formula is C15H23NOS. The third-order valence-electron chi connectivity index (χ3n) is 2.78. The van der Waals surface area contributed by atoms with Crippen molar-refractivity contribution in [1.29, 1.82) is 0 Å². The maximum atomic E-state index is 5.41. The first-order chi connectivity index (χ1) is 8.69. The van der Waals surface area contributed by atoms with Crippen LogP contribution in [0.25, 0.3) is 0 Å². The Kier molecular flexibility index (Phi) is 6.91. The Morgan fingerprint density at radius 1 is 1.50 bits per heavy atom. The summed E-state index contributed by atoms with van der Waals surface area (Å²) in [6.07, 6.45) is 1.94. The lowest BCUT2D eigenvalue weighted by Gasteiger charge is -2.17. The van der Waals surface area contributed by atoms with Crippen molar-refractivity contribution in [3.63, 3.8) is 0 Å². The fourth-order valence-corrected chi connectivity index (χ4v) is 2.41. The molecule has 1 aromatic rings. The molecule has 0 amide bonds. The normalized spacial score (nSPS) is 12.2. The molecule has 0 heterocycles. The highest BCUT2D eigenvalue weighted by molar-refractivity contribution is 7.99. The molecule has 1 aromatic carbocycles. The summed E-state index contributed by atoms with van der Waals surface area (Å²) in [7, 11) is 1.72. The van der Waals surface area contributed by atoms with E-state index in [1.807, 2.05) is 23.9 Å². The summed E-state index contributed by atoms with van der Waals surface area (Å²) in [6, 6.07) is 6.61. The second-order valence-electron chi connectivity index (χ2n) is 4.28. The molecule has 1 rings (SSSR count). The highest BCUT2D eigenvalue weighted by Crippen LogP contribution is 2.25. The Morgan fingerprint density at radius 3 is 2.94 bits per heavy atom. The van der Waals surface area contributed by atoms with Gasteiger partial charge in [0.15, 0.2) is 0 Å². The number of nitrogens with one attached hydrogen (secondary N) is 1. The zero-order valence-electron chi connectivity index (χ0n) is 11.5. The summed E-state index contributed by atoms with van der Waals surface area (Å²) in [5, 5.41) is 3.52. The molecule has 0 saturated heterocycles. The first-order valence-corrected chi connectivity index (χ1v) is 7.41. The van der Waals surface area contributed by atoms with E-state index in [0.29, 0.717) is 6.04 Å². The summed E-state index contributed by atoms with van der Waals surface area (Å²) >= 11 is 1.89. The van der Waals surface area contributed by atoms with Crippen LogP contribution in [0.4, 0.5) is 0 Å². The van der Waals surface area contributed by atoms with E-state index in [1.165, 1.54) is 11.1 Å². The smallest absolute Gasteiger partial charge is 0.123 e. The molecule has 1 atom stereocenters. The molecule has 0 radical (unpaired) electrons. The van der Waals surface area contributed by atoms with E-state index in [-0.39, 0.29) is 0 Å². The highest BCUT2D eigenvalue weighted by Gasteiger charge is 2.10. The summed E-state index contributed by atoms with van der Waals surface area (Å²) in [6.45, 7) is 9.00. The van der Waals surface area contributed by atoms with Crippen molar-refractivity contribution in [3.05, 3.63) is 42.0 Å². The molecular weight excluding hydrogens is 242 g/mol. The molecule has 0 aromatic heterocycles. The lowest BCUT2D eigenvalue weighted by Crippen LogP contribution is -2.22. The molecule has 0 aliphatic carbocycles. The SMILES string of the molecule is C=CCSCCNC(C)c1cc(C)ccc1OC. The molecule has 0 spiro atoms. The molecule has 0 saturated carbocycles. The van der Waals surface area contributed by atoms with Crippen LogP contribution in [-0.4, -0.2) is 25.2 Å². The molecule has 3 heteroatoms. The van der Waals surface area contributed by atoms with E-state index in [2.05, 4.69) is 37.9 Å². The van der Waals surface area contributed by atoms with Crippen LogP contribution in [0.3, 0.4) is 0 Å². The van der Waals surface area contributed by atoms with Crippen LogP contribution in [0.1, 0.15) is 24.1 Å². The van der Waals surface area contributed by atoms with Gasteiger partial charge in [0.2, 0.25) is 0 Å². The zero-order chi connectivity index (χ0) is 13.4. The van der Waals surface area contributed by atoms with Gasteiger partial charge < -0.3 is 10.1 Å². The number of thioether (sulfide) groups is 1. The van der Waals surface area contributed by atoms with Crippen molar-refractivity contribution < 1.29 is 4.74 Å². The Morgan fingerprint density at radius 2 is 2.28 bits per heavy atom. The average molecular weight is 265 g/mol. The second kappa shape index (κ2) is 8.22. The zero-order valence-corrected chi connectivity index (χ0v) is 12.3. The van der Waals surface area contributed by atoms with Gasteiger partial charge in [-0.15, -0.1) is 6.58 Å². The van der Waals surface area contributed by atoms with Crippen LogP contribution in [0.2, 0.25) is 0 Å². The van der Waals surface area contributed by atoms with Gasteiger partial charge in [0.25, 0.3) is 0 Å². The van der Waals surface area contributed by atoms with Gasteiger partial charge in [0, 0.05) is 29.7 Å². The van der Waals surface area contributed by atoms with Crippen molar-refractivity contribution >= 4 is 11.8 Å². The Labute approximate surface area is 115 Å². The third kappa shape index (κ3) is 4.75. The standard InChI is InChI=1S/C15H23NOS/c1-5-9-18-10-8-16-13(3)14-11-12(2)6-7-15(14)17-4/h5-7,11,13,16H,1,8-10H2,2-4H3. The van der Waals surface area contributed by atoms with Crippen LogP contribution < -0.4 is 10.1 Å². The van der Waals surface area contributed by atoms with Crippen molar-refractivity contribution in [2.24, 2.45) is 0 Å². The van der Waals surface area contributed by atoms with Gasteiger partial charge in [-0.05, 0) is 19.9 Å². The van der Waals surface area contributed by atoms with Gasteiger partial charge in [-0.1, -0.05) is 23.8 Å². The van der Waals surface area contributed by atoms with E-state index in [0.717, 1.165) is 23.8 Å². The van der Waals surface area contributed by atoms with Crippen LogP contribution in [0.15, 0.2) is 30.9 Å². The first-order valence-electron chi connectivity index (χ1n) is 6.25. The monoisotopic (exact) mass is 265 g/mol. The molecule has 0 aliphatic rings. The van der Waals surface area contributed by atoms with Gasteiger partial charge in [0.05, 0.1) is 7.11 Å². The van der Waals surface area contributed by atoms with Crippen molar-refractivity contribution in [2.45, 2.75) is 19.9 Å². The highest BCUT2D eigenvalue weighted by atomic mass is 32.2. The number of rotatable bonds is 8. The van der Waals surface area contributed by atoms with Gasteiger partial charge in [0.1, 0.15) is 5.75 Å². The van der Waals surface area contributed by atoms with E-state index in [9.17, 15) is 0 Å². The Bertz CT molecular complexity index is 379. The summed E-state index contributed by atoms with van der Waals surface area (Å²) in [4.78, 5) is 0. The predicted octanol–water partition coefficient (Wildman–Crippen LogP) is 3.57. The van der Waals surface area contributed by atoms with Gasteiger partial charge >= 0.3 is 0 Å². The van der Waals surface area contributed by atoms with Gasteiger partial charge in [-0.25, -0.2) is 0 Å². The van der Waals surface area contributed by atoms with E-state index in [1.54, 1.807) is 7.11 Å². The molecule has 0 fully saturated rings. The van der Waals surface area contributed by atoms with Crippen LogP contribution in [0, 0.1) is 6.92 Å². The molecule has 100 valence electrons. The van der Waals surface area contributed by atoms with Crippen LogP contribution >= 0.6 is 11.8 Å². The Hall–Kier alpha value is -0.930. The number of hydrogen-bond acceptors (Lipinski definition) is 3. The minimum Gasteiger partial charge on any atom is -0.496 e. The predicted molar refractivity (Wildman–Crippen MR) is 81.7 cm³/mol. The lowest BCUT2D eigenvalue weighted by atomic mass is 10.0. The molecule has 0 bridgehead atoms. The summed E-state index contributed by atoms with van der Waals surface area (Å²) < 4.78 is 5.41. The van der Waals surface area contributed by atoms with Crippen molar-refractivity contribution in [3.8, 4) is 5.75 Å². The minimum absolute atomic E-state index is 0.309. The number of hydrogen-bond donors (Lipinski definition) is 1. The fraction of sp³-hybridized carbons (Fsp3) is 0.467. The van der Waals surface area contributed by atoms with Gasteiger partial charge in [-0.3, -0.25) is 0 Å². The third-order valence-corrected chi connectivity index (χ3v) is 3.75. The van der Waals surface area contributed by atoms with Crippen molar-refractivity contribution in [1.82, 2.24) is 5.32 Å². The fourth-order valence-electron chi connectivity index (χ4n) is 1.82. The summed E-state index contributed by atoms with van der Waals surface area (Å²) in [5.41, 5.74) is 2.49. The van der Waals surface area contributed by atoms with E-state index in [4.69, 9.17) is 4.74 Å². The number of benzene rings is 1.